The fourth-order valence-electron chi connectivity index (χ4n) is 3.16. The number of H-pyrrole nitrogens is 1. The molecule has 1 N–H and O–H groups in total. The van der Waals surface area contributed by atoms with E-state index in [1.54, 1.807) is 6.20 Å². The molecule has 0 unspecified atom stereocenters. The van der Waals surface area contributed by atoms with Gasteiger partial charge in [-0.05, 0) is 36.0 Å². The highest BCUT2D eigenvalue weighted by Crippen LogP contribution is 2.32. The maximum absolute atomic E-state index is 11.7. The molecule has 1 heterocycles. The van der Waals surface area contributed by atoms with Crippen molar-refractivity contribution in [1.82, 2.24) is 4.98 Å². The molecule has 0 radical (unpaired) electrons. The van der Waals surface area contributed by atoms with Crippen LogP contribution in [-0.4, -0.2) is 4.98 Å². The summed E-state index contributed by atoms with van der Waals surface area (Å²) in [5.41, 5.74) is 3.53. The van der Waals surface area contributed by atoms with Gasteiger partial charge in [0.25, 0.3) is 5.56 Å². The van der Waals surface area contributed by atoms with Crippen molar-refractivity contribution in [2.45, 2.75) is 44.4 Å². The summed E-state index contributed by atoms with van der Waals surface area (Å²) in [6.07, 6.45) is 9.18. The van der Waals surface area contributed by atoms with Crippen LogP contribution in [0.15, 0.2) is 47.4 Å². The van der Waals surface area contributed by atoms with Crippen molar-refractivity contribution in [2.24, 2.45) is 0 Å². The van der Waals surface area contributed by atoms with Gasteiger partial charge in [0.05, 0.1) is 0 Å². The minimum Gasteiger partial charge on any atom is -0.329 e. The molecule has 2 heteroatoms. The normalized spacial score (nSPS) is 16.2. The summed E-state index contributed by atoms with van der Waals surface area (Å²) >= 11 is 0. The average Bonchev–Trinajstić information content (AvgIpc) is 2.51. The van der Waals surface area contributed by atoms with Crippen molar-refractivity contribution in [2.75, 3.05) is 0 Å². The maximum Gasteiger partial charge on any atom is 0.251 e. The van der Waals surface area contributed by atoms with E-state index in [1.165, 1.54) is 43.2 Å². The monoisotopic (exact) mass is 267 g/mol. The zero-order valence-corrected chi connectivity index (χ0v) is 11.8. The molecule has 1 saturated carbocycles. The Labute approximate surface area is 119 Å². The summed E-state index contributed by atoms with van der Waals surface area (Å²) < 4.78 is 0. The molecule has 1 aromatic heterocycles. The molecule has 104 valence electrons. The summed E-state index contributed by atoms with van der Waals surface area (Å²) in [5, 5.41) is 0. The fraction of sp³-hybridized carbons (Fsp3) is 0.389. The summed E-state index contributed by atoms with van der Waals surface area (Å²) in [5.74, 6) is 0.748. The van der Waals surface area contributed by atoms with E-state index in [0.717, 1.165) is 11.5 Å². The van der Waals surface area contributed by atoms with Gasteiger partial charge in [0.1, 0.15) is 0 Å². The maximum atomic E-state index is 11.7. The van der Waals surface area contributed by atoms with E-state index in [2.05, 4.69) is 29.2 Å². The predicted octanol–water partition coefficient (Wildman–Crippen LogP) is 4.01. The van der Waals surface area contributed by atoms with Gasteiger partial charge in [0, 0.05) is 18.2 Å². The van der Waals surface area contributed by atoms with Crippen LogP contribution in [0, 0.1) is 0 Å². The van der Waals surface area contributed by atoms with Crippen molar-refractivity contribution < 1.29 is 0 Å². The summed E-state index contributed by atoms with van der Waals surface area (Å²) in [7, 11) is 0. The summed E-state index contributed by atoms with van der Waals surface area (Å²) in [6, 6.07) is 12.6. The van der Waals surface area contributed by atoms with Gasteiger partial charge in [0.15, 0.2) is 0 Å². The van der Waals surface area contributed by atoms with Crippen LogP contribution in [0.1, 0.15) is 54.7 Å². The largest absolute Gasteiger partial charge is 0.329 e. The van der Waals surface area contributed by atoms with E-state index in [-0.39, 0.29) is 5.56 Å². The summed E-state index contributed by atoms with van der Waals surface area (Å²) in [6.45, 7) is 0. The zero-order chi connectivity index (χ0) is 13.8. The second kappa shape index (κ2) is 6.08. The van der Waals surface area contributed by atoms with Gasteiger partial charge in [-0.25, -0.2) is 0 Å². The van der Waals surface area contributed by atoms with Gasteiger partial charge in [0.2, 0.25) is 0 Å². The topological polar surface area (TPSA) is 32.9 Å². The molecule has 0 bridgehead atoms. The minimum absolute atomic E-state index is 0.0175. The van der Waals surface area contributed by atoms with Gasteiger partial charge in [-0.2, -0.15) is 0 Å². The first-order valence-corrected chi connectivity index (χ1v) is 7.58. The van der Waals surface area contributed by atoms with E-state index in [1.807, 2.05) is 12.1 Å². The Morgan fingerprint density at radius 1 is 1.00 bits per heavy atom. The molecule has 1 aliphatic carbocycles. The van der Waals surface area contributed by atoms with Crippen LogP contribution < -0.4 is 5.56 Å². The molecule has 1 fully saturated rings. The van der Waals surface area contributed by atoms with Crippen LogP contribution in [-0.2, 0) is 6.42 Å². The second-order valence-electron chi connectivity index (χ2n) is 5.78. The Kier molecular flexibility index (Phi) is 4.00. The Morgan fingerprint density at radius 2 is 1.75 bits per heavy atom. The quantitative estimate of drug-likeness (QED) is 0.895. The van der Waals surface area contributed by atoms with Crippen LogP contribution in [0.2, 0.25) is 0 Å². The average molecular weight is 267 g/mol. The lowest BCUT2D eigenvalue weighted by Gasteiger charge is -2.22. The Hall–Kier alpha value is -1.83. The molecular formula is C18H21NO. The van der Waals surface area contributed by atoms with Crippen molar-refractivity contribution in [3.63, 3.8) is 0 Å². The Morgan fingerprint density at radius 3 is 2.45 bits per heavy atom. The first-order chi connectivity index (χ1) is 9.83. The Balaban J connectivity index is 1.73. The molecule has 0 spiro atoms. The molecule has 1 aliphatic rings. The van der Waals surface area contributed by atoms with Crippen LogP contribution in [0.25, 0.3) is 0 Å². The number of nitrogens with one attached hydrogen (secondary N) is 1. The van der Waals surface area contributed by atoms with Crippen LogP contribution in [0.5, 0.6) is 0 Å². The van der Waals surface area contributed by atoms with E-state index in [4.69, 9.17) is 0 Å². The molecule has 0 atom stereocenters. The van der Waals surface area contributed by atoms with Crippen LogP contribution >= 0.6 is 0 Å². The van der Waals surface area contributed by atoms with E-state index in [0.29, 0.717) is 6.42 Å². The number of pyridine rings is 1. The van der Waals surface area contributed by atoms with Gasteiger partial charge in [-0.15, -0.1) is 0 Å². The lowest BCUT2D eigenvalue weighted by Crippen LogP contribution is -2.11. The molecule has 0 amide bonds. The van der Waals surface area contributed by atoms with Gasteiger partial charge >= 0.3 is 0 Å². The predicted molar refractivity (Wildman–Crippen MR) is 82.1 cm³/mol. The van der Waals surface area contributed by atoms with E-state index >= 15 is 0 Å². The zero-order valence-electron chi connectivity index (χ0n) is 11.8. The third kappa shape index (κ3) is 3.01. The third-order valence-corrected chi connectivity index (χ3v) is 4.35. The molecule has 2 nitrogen and oxygen atoms in total. The number of hydrogen-bond acceptors (Lipinski definition) is 1. The number of aromatic nitrogens is 1. The smallest absolute Gasteiger partial charge is 0.251 e. The second-order valence-corrected chi connectivity index (χ2v) is 5.78. The van der Waals surface area contributed by atoms with Crippen molar-refractivity contribution in [3.8, 4) is 0 Å². The van der Waals surface area contributed by atoms with E-state index in [9.17, 15) is 4.79 Å². The van der Waals surface area contributed by atoms with Gasteiger partial charge in [-0.3, -0.25) is 4.79 Å². The molecular weight excluding hydrogens is 246 g/mol. The molecule has 0 aliphatic heterocycles. The molecule has 2 aromatic rings. The minimum atomic E-state index is 0.0175. The highest BCUT2D eigenvalue weighted by Gasteiger charge is 2.15. The van der Waals surface area contributed by atoms with E-state index < -0.39 is 0 Å². The fourth-order valence-corrected chi connectivity index (χ4v) is 3.16. The molecule has 20 heavy (non-hydrogen) atoms. The third-order valence-electron chi connectivity index (χ3n) is 4.35. The lowest BCUT2D eigenvalue weighted by atomic mass is 9.84. The first-order valence-electron chi connectivity index (χ1n) is 7.58. The highest BCUT2D eigenvalue weighted by atomic mass is 16.1. The number of rotatable bonds is 3. The van der Waals surface area contributed by atoms with Gasteiger partial charge < -0.3 is 4.98 Å². The lowest BCUT2D eigenvalue weighted by molar-refractivity contribution is 0.443. The van der Waals surface area contributed by atoms with Crippen LogP contribution in [0.3, 0.4) is 0 Å². The molecule has 3 rings (SSSR count). The van der Waals surface area contributed by atoms with Crippen molar-refractivity contribution in [3.05, 3.63) is 69.6 Å². The number of hydrogen-bond donors (Lipinski definition) is 1. The number of benzene rings is 1. The molecule has 1 aromatic carbocycles. The van der Waals surface area contributed by atoms with Gasteiger partial charge in [-0.1, -0.05) is 49.6 Å². The SMILES string of the molecule is O=c1[nH]cccc1Cc1ccc(C2CCCCC2)cc1. The summed E-state index contributed by atoms with van der Waals surface area (Å²) in [4.78, 5) is 14.4. The Bertz CT molecular complexity index is 606. The molecule has 0 saturated heterocycles. The first kappa shape index (κ1) is 13.2. The van der Waals surface area contributed by atoms with Crippen molar-refractivity contribution in [1.29, 1.82) is 0 Å². The standard InChI is InChI=1S/C18H21NO/c20-18-17(7-4-12-19-18)13-14-8-10-16(11-9-14)15-5-2-1-3-6-15/h4,7-12,15H,1-3,5-6,13H2,(H,19,20). The number of aromatic amines is 1. The van der Waals surface area contributed by atoms with Crippen LogP contribution in [0.4, 0.5) is 0 Å². The highest BCUT2D eigenvalue weighted by molar-refractivity contribution is 5.29. The van der Waals surface area contributed by atoms with Crippen molar-refractivity contribution >= 4 is 0 Å².